The van der Waals surface area contributed by atoms with Crippen molar-refractivity contribution in [1.82, 2.24) is 55.1 Å². The van der Waals surface area contributed by atoms with Gasteiger partial charge in [-0.2, -0.15) is 13.2 Å². The number of benzene rings is 3. The van der Waals surface area contributed by atoms with Crippen LogP contribution in [-0.2, 0) is 78.2 Å². The third-order valence-corrected chi connectivity index (χ3v) is 17.5. The molecule has 0 saturated carbocycles. The highest BCUT2D eigenvalue weighted by atomic mass is 35.5. The number of nitrogens with zero attached hydrogens (tertiary/aromatic N) is 8. The normalized spacial score (nSPS) is 23.6. The molecule has 3 N–H and O–H groups in total. The lowest BCUT2D eigenvalue weighted by Gasteiger charge is -2.37. The summed E-state index contributed by atoms with van der Waals surface area (Å²) < 4.78 is 40.9. The van der Waals surface area contributed by atoms with Gasteiger partial charge < -0.3 is 55.1 Å². The Morgan fingerprint density at radius 1 is 0.582 bits per heavy atom. The van der Waals surface area contributed by atoms with Gasteiger partial charge in [-0.05, 0) is 91.8 Å². The van der Waals surface area contributed by atoms with Gasteiger partial charge in [-0.1, -0.05) is 100 Å². The summed E-state index contributed by atoms with van der Waals surface area (Å²) in [6, 6.07) is 11.1. The van der Waals surface area contributed by atoms with Gasteiger partial charge in [-0.3, -0.25) is 52.7 Å². The smallest absolute Gasteiger partial charge is 0.354 e. The molecule has 5 rings (SSSR count). The van der Waals surface area contributed by atoms with Crippen molar-refractivity contribution in [1.29, 1.82) is 0 Å². The van der Waals surface area contributed by atoms with Crippen LogP contribution in [0.5, 0.6) is 0 Å². The number of hydrogen-bond acceptors (Lipinski definition) is 11. The van der Waals surface area contributed by atoms with Crippen molar-refractivity contribution >= 4 is 76.6 Å². The number of alkyl halides is 3. The molecule has 11 amide bonds. The van der Waals surface area contributed by atoms with Crippen LogP contribution in [0.3, 0.4) is 0 Å². The Morgan fingerprint density at radius 2 is 1.14 bits per heavy atom. The molecule has 0 unspecified atom stereocenters. The quantitative estimate of drug-likeness (QED) is 0.247. The SMILES string of the molecule is CC[C@H](C)[C@@H]1NC(=O)[C@H](C)N(C)C(=O)CCNC(=O)[C@H](CC(C)C)N(C)C(=O)[C@H](Cc2ccccc2)N(C)C(=O)[C@@H]2CCCN2C(=O)[C@H](CCc2ccc(C(F)(F)F)cc2)NC(=O)CN(C)C(=O)[C@H](Cc2ccc(Cl)cc2)N(C)C(=O)CN(C)C(=O)CN(C)C1=O. The Labute approximate surface area is 536 Å². The molecule has 3 aromatic rings. The van der Waals surface area contributed by atoms with E-state index in [1.807, 2.05) is 20.8 Å². The van der Waals surface area contributed by atoms with Crippen LogP contribution in [0.1, 0.15) is 95.4 Å². The molecule has 0 spiro atoms. The number of carbonyl (C=O) groups is 11. The molecule has 0 aliphatic carbocycles. The van der Waals surface area contributed by atoms with Crippen molar-refractivity contribution in [3.63, 3.8) is 0 Å². The van der Waals surface area contributed by atoms with Crippen LogP contribution >= 0.6 is 11.6 Å². The molecule has 2 aliphatic heterocycles. The van der Waals surface area contributed by atoms with E-state index < -0.39 is 145 Å². The largest absolute Gasteiger partial charge is 0.416 e. The maximum Gasteiger partial charge on any atom is 0.416 e. The van der Waals surface area contributed by atoms with Crippen LogP contribution in [-0.4, -0.2) is 229 Å². The van der Waals surface area contributed by atoms with Crippen molar-refractivity contribution in [2.45, 2.75) is 141 Å². The van der Waals surface area contributed by atoms with E-state index in [0.717, 1.165) is 31.7 Å². The Kier molecular flexibility index (Phi) is 26.9. The molecule has 91 heavy (non-hydrogen) atoms. The van der Waals surface area contributed by atoms with Gasteiger partial charge >= 0.3 is 6.18 Å². The van der Waals surface area contributed by atoms with Crippen molar-refractivity contribution < 1.29 is 65.9 Å². The molecule has 2 fully saturated rings. The predicted octanol–water partition coefficient (Wildman–Crippen LogP) is 4.05. The van der Waals surface area contributed by atoms with Gasteiger partial charge in [0.25, 0.3) is 0 Å². The van der Waals surface area contributed by atoms with Crippen LogP contribution < -0.4 is 16.0 Å². The van der Waals surface area contributed by atoms with E-state index >= 15 is 14.4 Å². The summed E-state index contributed by atoms with van der Waals surface area (Å²) in [4.78, 5) is 168. The zero-order valence-electron chi connectivity index (χ0n) is 54.2. The minimum Gasteiger partial charge on any atom is -0.354 e. The van der Waals surface area contributed by atoms with Gasteiger partial charge in [0.1, 0.15) is 42.3 Å². The molecule has 2 saturated heterocycles. The van der Waals surface area contributed by atoms with Crippen molar-refractivity contribution in [2.75, 3.05) is 82.1 Å². The fourth-order valence-electron chi connectivity index (χ4n) is 11.0. The second-order valence-corrected chi connectivity index (χ2v) is 24.8. The highest BCUT2D eigenvalue weighted by Crippen LogP contribution is 2.30. The van der Waals surface area contributed by atoms with Gasteiger partial charge in [0.05, 0.1) is 25.2 Å². The molecule has 0 radical (unpaired) electrons. The van der Waals surface area contributed by atoms with Crippen molar-refractivity contribution in [2.24, 2.45) is 11.8 Å². The Hall–Kier alpha value is -8.09. The molecular formula is C65H89ClF3N11O11. The van der Waals surface area contributed by atoms with Crippen LogP contribution in [0.4, 0.5) is 13.2 Å². The number of fused-ring (bicyclic) bond motifs is 1. The fraction of sp³-hybridized carbons (Fsp3) is 0.554. The summed E-state index contributed by atoms with van der Waals surface area (Å²) in [5.41, 5.74) is 0.726. The summed E-state index contributed by atoms with van der Waals surface area (Å²) in [6.07, 6.45) is -4.15. The third-order valence-electron chi connectivity index (χ3n) is 17.2. The average Bonchev–Trinajstić information content (AvgIpc) is 3.02. The molecule has 26 heteroatoms. The van der Waals surface area contributed by atoms with Crippen LogP contribution in [0.15, 0.2) is 78.9 Å². The predicted molar refractivity (Wildman–Crippen MR) is 335 cm³/mol. The molecule has 8 atom stereocenters. The monoisotopic (exact) mass is 1290 g/mol. The van der Waals surface area contributed by atoms with E-state index in [2.05, 4.69) is 16.0 Å². The zero-order chi connectivity index (χ0) is 67.8. The zero-order valence-corrected chi connectivity index (χ0v) is 54.9. The summed E-state index contributed by atoms with van der Waals surface area (Å²) >= 11 is 6.20. The second-order valence-electron chi connectivity index (χ2n) is 24.4. The molecule has 22 nitrogen and oxygen atoms in total. The maximum absolute atomic E-state index is 15.1. The van der Waals surface area contributed by atoms with Crippen molar-refractivity contribution in [3.05, 3.63) is 106 Å². The lowest BCUT2D eigenvalue weighted by molar-refractivity contribution is -0.152. The first-order valence-corrected chi connectivity index (χ1v) is 31.0. The second kappa shape index (κ2) is 33.3. The minimum atomic E-state index is -4.63. The van der Waals surface area contributed by atoms with E-state index in [0.29, 0.717) is 34.6 Å². The van der Waals surface area contributed by atoms with E-state index in [1.54, 1.807) is 61.5 Å². The molecular weight excluding hydrogens is 1200 g/mol. The van der Waals surface area contributed by atoms with Gasteiger partial charge in [0.15, 0.2) is 0 Å². The van der Waals surface area contributed by atoms with Crippen molar-refractivity contribution in [3.8, 4) is 0 Å². The number of nitrogens with one attached hydrogen (secondary N) is 3. The number of aryl methyl sites for hydroxylation is 1. The summed E-state index contributed by atoms with van der Waals surface area (Å²) in [7, 11) is 9.64. The lowest BCUT2D eigenvalue weighted by Crippen LogP contribution is -2.59. The van der Waals surface area contributed by atoms with E-state index in [4.69, 9.17) is 11.6 Å². The highest BCUT2D eigenvalue weighted by molar-refractivity contribution is 6.30. The van der Waals surface area contributed by atoms with E-state index in [9.17, 15) is 51.5 Å². The summed E-state index contributed by atoms with van der Waals surface area (Å²) in [5.74, 6) is -7.96. The molecule has 2 aliphatic rings. The third kappa shape index (κ3) is 20.2. The van der Waals surface area contributed by atoms with Gasteiger partial charge in [-0.25, -0.2) is 0 Å². The number of amides is 11. The minimum absolute atomic E-state index is 0.0161. The Balaban J connectivity index is 1.56. The molecule has 0 aromatic heterocycles. The van der Waals surface area contributed by atoms with Crippen LogP contribution in [0.2, 0.25) is 5.02 Å². The average molecular weight is 1290 g/mol. The summed E-state index contributed by atoms with van der Waals surface area (Å²) in [5, 5.41) is 8.66. The molecule has 3 aromatic carbocycles. The Bertz CT molecular complexity index is 3070. The number of carbonyl (C=O) groups excluding carboxylic acids is 11. The lowest BCUT2D eigenvalue weighted by atomic mass is 9.97. The summed E-state index contributed by atoms with van der Waals surface area (Å²) in [6.45, 7) is 6.80. The molecule has 2 heterocycles. The number of likely N-dealkylation sites (N-methyl/N-ethyl adjacent to an activating group) is 7. The number of halogens is 4. The van der Waals surface area contributed by atoms with E-state index in [-0.39, 0.29) is 64.0 Å². The van der Waals surface area contributed by atoms with Gasteiger partial charge in [-0.15, -0.1) is 0 Å². The number of rotatable bonds is 11. The van der Waals surface area contributed by atoms with Gasteiger partial charge in [0.2, 0.25) is 65.0 Å². The maximum atomic E-state index is 15.1. The van der Waals surface area contributed by atoms with Gasteiger partial charge in [0, 0.05) is 86.7 Å². The van der Waals surface area contributed by atoms with Crippen LogP contribution in [0, 0.1) is 11.8 Å². The highest BCUT2D eigenvalue weighted by Gasteiger charge is 2.44. The Morgan fingerprint density at radius 3 is 1.74 bits per heavy atom. The standard InChI is InChI=1S/C65H89ClF3N11O11/c1-13-41(4)57-64(91)75(8)38-55(83)73(6)39-56(84)77(10)51(36-45-23-28-47(66)29-24-45)61(88)74(7)37-53(81)71-48(30-25-43-21-26-46(27-22-43)65(67,68)69)60(87)80-33-17-20-49(80)62(89)79(12)52(35-44-18-15-14-16-19-44)63(90)78(11)50(34-40(2)3)59(86)70-32-31-54(82)76(9)42(5)58(85)72-57/h14-16,18-19,21-24,26-29,40-42,48-52,57H,13,17,20,25,30-39H2,1-12H3,(H,70,86)(H,71,81)(H,72,85)/t41-,42-,48-,49-,50-,51-,52-,57-/m0/s1. The topological polar surface area (TPSA) is 250 Å². The number of hydrogen-bond donors (Lipinski definition) is 3. The first-order valence-electron chi connectivity index (χ1n) is 30.7. The molecule has 0 bridgehead atoms. The van der Waals surface area contributed by atoms with E-state index in [1.165, 1.54) is 88.0 Å². The fourth-order valence-corrected chi connectivity index (χ4v) is 11.1. The van der Waals surface area contributed by atoms with Crippen LogP contribution in [0.25, 0.3) is 0 Å². The first-order chi connectivity index (χ1) is 42.7. The molecule has 498 valence electrons. The first kappa shape index (κ1) is 73.6.